The predicted octanol–water partition coefficient (Wildman–Crippen LogP) is 4.38. The molecular formula is C13H14BrClN2S. The minimum atomic E-state index is 0.731. The molecule has 1 aromatic heterocycles. The van der Waals surface area contributed by atoms with Gasteiger partial charge in [-0.05, 0) is 41.2 Å². The lowest BCUT2D eigenvalue weighted by Crippen LogP contribution is -2.17. The molecule has 0 radical (unpaired) electrons. The van der Waals surface area contributed by atoms with Crippen molar-refractivity contribution in [3.8, 4) is 0 Å². The number of benzene rings is 1. The smallest absolute Gasteiger partial charge is 0.0471 e. The predicted molar refractivity (Wildman–Crippen MR) is 83.1 cm³/mol. The van der Waals surface area contributed by atoms with Crippen LogP contribution in [0.2, 0.25) is 5.02 Å². The number of nitrogens with two attached hydrogens (primary N) is 1. The summed E-state index contributed by atoms with van der Waals surface area (Å²) in [6.45, 7) is 1.64. The molecule has 0 atom stereocenters. The molecule has 0 unspecified atom stereocenters. The quantitative estimate of drug-likeness (QED) is 0.833. The highest BCUT2D eigenvalue weighted by Crippen LogP contribution is 2.25. The number of anilines is 1. The Morgan fingerprint density at radius 2 is 2.17 bits per heavy atom. The van der Waals surface area contributed by atoms with E-state index in [1.165, 1.54) is 4.88 Å². The van der Waals surface area contributed by atoms with Crippen molar-refractivity contribution in [2.45, 2.75) is 13.1 Å². The summed E-state index contributed by atoms with van der Waals surface area (Å²) < 4.78 is 1.13. The first kappa shape index (κ1) is 13.9. The van der Waals surface area contributed by atoms with Crippen LogP contribution in [-0.2, 0) is 13.1 Å². The van der Waals surface area contributed by atoms with E-state index in [0.717, 1.165) is 33.8 Å². The second-order valence-corrected chi connectivity index (χ2v) is 6.53. The Morgan fingerprint density at radius 1 is 1.39 bits per heavy atom. The van der Waals surface area contributed by atoms with Gasteiger partial charge >= 0.3 is 0 Å². The van der Waals surface area contributed by atoms with Crippen molar-refractivity contribution in [1.82, 2.24) is 4.90 Å². The van der Waals surface area contributed by atoms with Gasteiger partial charge in [-0.1, -0.05) is 17.7 Å². The van der Waals surface area contributed by atoms with Gasteiger partial charge in [-0.2, -0.15) is 0 Å². The van der Waals surface area contributed by atoms with Gasteiger partial charge in [0.2, 0.25) is 0 Å². The van der Waals surface area contributed by atoms with Gasteiger partial charge in [0.25, 0.3) is 0 Å². The molecule has 2 nitrogen and oxygen atoms in total. The molecule has 0 amide bonds. The summed E-state index contributed by atoms with van der Waals surface area (Å²) in [6, 6.07) is 7.77. The lowest BCUT2D eigenvalue weighted by Gasteiger charge is -2.17. The molecule has 2 rings (SSSR count). The third-order valence-corrected chi connectivity index (χ3v) is 4.67. The molecule has 0 aliphatic carbocycles. The molecule has 2 N–H and O–H groups in total. The third-order valence-electron chi connectivity index (χ3n) is 2.63. The number of halogens is 2. The molecule has 0 aliphatic rings. The van der Waals surface area contributed by atoms with E-state index in [1.807, 2.05) is 18.2 Å². The van der Waals surface area contributed by atoms with E-state index >= 15 is 0 Å². The summed E-state index contributed by atoms with van der Waals surface area (Å²) in [5.41, 5.74) is 7.70. The molecule has 0 saturated heterocycles. The van der Waals surface area contributed by atoms with Crippen LogP contribution in [-0.4, -0.2) is 11.9 Å². The number of hydrogen-bond acceptors (Lipinski definition) is 3. The van der Waals surface area contributed by atoms with E-state index in [0.29, 0.717) is 0 Å². The maximum Gasteiger partial charge on any atom is 0.0471 e. The first-order valence-electron chi connectivity index (χ1n) is 5.50. The largest absolute Gasteiger partial charge is 0.398 e. The molecule has 0 fully saturated rings. The number of rotatable bonds is 4. The Hall–Kier alpha value is -0.550. The van der Waals surface area contributed by atoms with Crippen LogP contribution in [0.25, 0.3) is 0 Å². The van der Waals surface area contributed by atoms with Crippen molar-refractivity contribution in [3.05, 3.63) is 49.6 Å². The Labute approximate surface area is 124 Å². The minimum absolute atomic E-state index is 0.731. The monoisotopic (exact) mass is 344 g/mol. The van der Waals surface area contributed by atoms with Gasteiger partial charge in [0.15, 0.2) is 0 Å². The fourth-order valence-corrected chi connectivity index (χ4v) is 3.54. The van der Waals surface area contributed by atoms with Crippen LogP contribution in [0, 0.1) is 0 Å². The fraction of sp³-hybridized carbons (Fsp3) is 0.231. The number of nitrogens with zero attached hydrogens (tertiary/aromatic N) is 1. The second-order valence-electron chi connectivity index (χ2n) is 4.21. The van der Waals surface area contributed by atoms with E-state index in [4.69, 9.17) is 17.3 Å². The first-order valence-corrected chi connectivity index (χ1v) is 7.55. The Balaban J connectivity index is 2.05. The van der Waals surface area contributed by atoms with Crippen molar-refractivity contribution < 1.29 is 0 Å². The molecule has 2 aromatic rings. The zero-order valence-corrected chi connectivity index (χ0v) is 13.1. The van der Waals surface area contributed by atoms with Crippen LogP contribution in [0.3, 0.4) is 0 Å². The molecule has 0 spiro atoms. The summed E-state index contributed by atoms with van der Waals surface area (Å²) in [5, 5.41) is 2.82. The van der Waals surface area contributed by atoms with E-state index < -0.39 is 0 Å². The Bertz CT molecular complexity index is 521. The van der Waals surface area contributed by atoms with Crippen LogP contribution < -0.4 is 5.73 Å². The number of thiophene rings is 1. The van der Waals surface area contributed by atoms with Crippen molar-refractivity contribution in [1.29, 1.82) is 0 Å². The van der Waals surface area contributed by atoms with Crippen molar-refractivity contribution in [2.75, 3.05) is 12.8 Å². The molecule has 0 saturated carbocycles. The molecule has 18 heavy (non-hydrogen) atoms. The van der Waals surface area contributed by atoms with Gasteiger partial charge in [-0.3, -0.25) is 4.90 Å². The molecule has 0 bridgehead atoms. The van der Waals surface area contributed by atoms with Crippen molar-refractivity contribution in [3.63, 3.8) is 0 Å². The molecule has 1 heterocycles. The summed E-state index contributed by atoms with van der Waals surface area (Å²) in [4.78, 5) is 3.52. The summed E-state index contributed by atoms with van der Waals surface area (Å²) >= 11 is 11.4. The standard InChI is InChI=1S/C13H14BrClN2S/c1-17(6-10-5-9(14)8-18-10)7-11-12(15)3-2-4-13(11)16/h2-5,8H,6-7,16H2,1H3. The Kier molecular flexibility index (Phi) is 4.67. The highest BCUT2D eigenvalue weighted by atomic mass is 79.9. The van der Waals surface area contributed by atoms with Crippen LogP contribution >= 0.6 is 38.9 Å². The van der Waals surface area contributed by atoms with Gasteiger partial charge in [0.05, 0.1) is 0 Å². The second kappa shape index (κ2) is 6.06. The van der Waals surface area contributed by atoms with E-state index in [9.17, 15) is 0 Å². The molecule has 0 aliphatic heterocycles. The van der Waals surface area contributed by atoms with E-state index in [-0.39, 0.29) is 0 Å². The average molecular weight is 346 g/mol. The zero-order chi connectivity index (χ0) is 13.1. The minimum Gasteiger partial charge on any atom is -0.398 e. The number of nitrogen functional groups attached to an aromatic ring is 1. The normalized spacial score (nSPS) is 11.1. The summed E-state index contributed by atoms with van der Waals surface area (Å²) in [5.74, 6) is 0. The van der Waals surface area contributed by atoms with Gasteiger partial charge in [0.1, 0.15) is 0 Å². The van der Waals surface area contributed by atoms with Crippen LogP contribution in [0.15, 0.2) is 34.1 Å². The van der Waals surface area contributed by atoms with Crippen LogP contribution in [0.5, 0.6) is 0 Å². The highest BCUT2D eigenvalue weighted by Gasteiger charge is 2.09. The Morgan fingerprint density at radius 3 is 2.78 bits per heavy atom. The molecule has 5 heteroatoms. The molecule has 96 valence electrons. The molecule has 1 aromatic carbocycles. The maximum atomic E-state index is 6.17. The SMILES string of the molecule is CN(Cc1cc(Br)cs1)Cc1c(N)cccc1Cl. The van der Waals surface area contributed by atoms with Gasteiger partial charge in [0, 0.05) is 44.1 Å². The maximum absolute atomic E-state index is 6.17. The molecular weight excluding hydrogens is 332 g/mol. The topological polar surface area (TPSA) is 29.3 Å². The zero-order valence-electron chi connectivity index (χ0n) is 9.99. The lowest BCUT2D eigenvalue weighted by molar-refractivity contribution is 0.322. The summed E-state index contributed by atoms with van der Waals surface area (Å²) in [7, 11) is 2.07. The van der Waals surface area contributed by atoms with Gasteiger partial charge < -0.3 is 5.73 Å². The van der Waals surface area contributed by atoms with Crippen LogP contribution in [0.1, 0.15) is 10.4 Å². The van der Waals surface area contributed by atoms with E-state index in [2.05, 4.69) is 39.3 Å². The number of hydrogen-bond donors (Lipinski definition) is 1. The summed E-state index contributed by atoms with van der Waals surface area (Å²) in [6.07, 6.45) is 0. The van der Waals surface area contributed by atoms with Crippen molar-refractivity contribution in [2.24, 2.45) is 0 Å². The average Bonchev–Trinajstić information content (AvgIpc) is 2.69. The van der Waals surface area contributed by atoms with E-state index in [1.54, 1.807) is 11.3 Å². The lowest BCUT2D eigenvalue weighted by atomic mass is 10.1. The third kappa shape index (κ3) is 3.48. The highest BCUT2D eigenvalue weighted by molar-refractivity contribution is 9.10. The fourth-order valence-electron chi connectivity index (χ4n) is 1.77. The van der Waals surface area contributed by atoms with Gasteiger partial charge in [-0.15, -0.1) is 11.3 Å². The van der Waals surface area contributed by atoms with Crippen LogP contribution in [0.4, 0.5) is 5.69 Å². The van der Waals surface area contributed by atoms with Gasteiger partial charge in [-0.25, -0.2) is 0 Å². The first-order chi connectivity index (χ1) is 8.56. The van der Waals surface area contributed by atoms with Crippen molar-refractivity contribution >= 4 is 44.6 Å².